The third kappa shape index (κ3) is 4.80. The highest BCUT2D eigenvalue weighted by Gasteiger charge is 2.43. The van der Waals surface area contributed by atoms with Gasteiger partial charge in [0, 0.05) is 17.0 Å². The van der Waals surface area contributed by atoms with E-state index in [1.807, 2.05) is 36.4 Å². The van der Waals surface area contributed by atoms with E-state index in [9.17, 15) is 25.4 Å². The standard InChI is InChI=1S/C29H21N5O2S2/c30-15-20(16-31)27(33-21-9-5-2-6-10-21)37-25-14-26(35)34(28(25)36)29-23(17-32)22-12-11-19(13-24(22)38-29)18-7-3-1-4-8-18/h1-10,19,25,33H,11-14H2/t19-,25+/m1/s1. The Morgan fingerprint density at radius 1 is 0.974 bits per heavy atom. The fourth-order valence-corrected chi connectivity index (χ4v) is 7.34. The van der Waals surface area contributed by atoms with Crippen LogP contribution in [-0.2, 0) is 22.4 Å². The van der Waals surface area contributed by atoms with E-state index in [1.165, 1.54) is 16.9 Å². The average Bonchev–Trinajstić information content (AvgIpc) is 3.44. The third-order valence-corrected chi connectivity index (χ3v) is 9.11. The summed E-state index contributed by atoms with van der Waals surface area (Å²) in [4.78, 5) is 28.8. The number of nitrogens with one attached hydrogen (secondary N) is 1. The minimum atomic E-state index is -0.826. The number of nitrogens with zero attached hydrogens (tertiary/aromatic N) is 4. The van der Waals surface area contributed by atoms with Gasteiger partial charge in [0.2, 0.25) is 11.8 Å². The summed E-state index contributed by atoms with van der Waals surface area (Å²) in [6, 6.07) is 25.2. The lowest BCUT2D eigenvalue weighted by Crippen LogP contribution is -2.31. The van der Waals surface area contributed by atoms with Crippen molar-refractivity contribution in [2.24, 2.45) is 0 Å². The molecule has 1 saturated heterocycles. The van der Waals surface area contributed by atoms with E-state index in [0.29, 0.717) is 28.6 Å². The van der Waals surface area contributed by atoms with E-state index in [-0.39, 0.29) is 17.0 Å². The van der Waals surface area contributed by atoms with E-state index >= 15 is 0 Å². The summed E-state index contributed by atoms with van der Waals surface area (Å²) in [5.41, 5.74) is 3.05. The van der Waals surface area contributed by atoms with Gasteiger partial charge in [-0.3, -0.25) is 9.59 Å². The first kappa shape index (κ1) is 25.3. The fraction of sp³-hybridized carbons (Fsp3) is 0.207. The van der Waals surface area contributed by atoms with Crippen molar-refractivity contribution >= 4 is 45.6 Å². The van der Waals surface area contributed by atoms with Crippen molar-refractivity contribution in [2.45, 2.75) is 36.9 Å². The number of thioether (sulfide) groups is 1. The van der Waals surface area contributed by atoms with Crippen molar-refractivity contribution in [1.82, 2.24) is 0 Å². The summed E-state index contributed by atoms with van der Waals surface area (Å²) in [6.45, 7) is 0. The number of benzene rings is 2. The van der Waals surface area contributed by atoms with Gasteiger partial charge in [-0.2, -0.15) is 15.8 Å². The van der Waals surface area contributed by atoms with Gasteiger partial charge < -0.3 is 5.32 Å². The Kier molecular flexibility index (Phi) is 7.29. The van der Waals surface area contributed by atoms with Gasteiger partial charge >= 0.3 is 0 Å². The van der Waals surface area contributed by atoms with E-state index in [2.05, 4.69) is 23.5 Å². The van der Waals surface area contributed by atoms with Crippen LogP contribution in [0.1, 0.15) is 40.3 Å². The summed E-state index contributed by atoms with van der Waals surface area (Å²) >= 11 is 2.34. The first-order valence-electron chi connectivity index (χ1n) is 12.0. The summed E-state index contributed by atoms with van der Waals surface area (Å²) in [5, 5.41) is 31.8. The number of para-hydroxylation sites is 1. The van der Waals surface area contributed by atoms with Gasteiger partial charge in [0.25, 0.3) is 0 Å². The van der Waals surface area contributed by atoms with Crippen LogP contribution in [0, 0.1) is 34.0 Å². The highest BCUT2D eigenvalue weighted by Crippen LogP contribution is 2.46. The summed E-state index contributed by atoms with van der Waals surface area (Å²) in [6.07, 6.45) is 2.28. The summed E-state index contributed by atoms with van der Waals surface area (Å²) in [5.74, 6) is -0.517. The van der Waals surface area contributed by atoms with Gasteiger partial charge in [-0.05, 0) is 48.4 Å². The molecule has 2 heterocycles. The smallest absolute Gasteiger partial charge is 0.248 e. The maximum Gasteiger partial charge on any atom is 0.248 e. The molecular weight excluding hydrogens is 514 g/mol. The molecule has 2 aliphatic rings. The second kappa shape index (κ2) is 10.9. The molecule has 0 radical (unpaired) electrons. The molecule has 1 aliphatic carbocycles. The number of carbonyl (C=O) groups excluding carboxylic acids is 2. The van der Waals surface area contributed by atoms with Crippen molar-refractivity contribution in [3.8, 4) is 18.2 Å². The van der Waals surface area contributed by atoms with E-state index < -0.39 is 17.1 Å². The number of nitriles is 3. The number of thiophene rings is 1. The molecule has 1 aromatic heterocycles. The molecule has 2 amide bonds. The Bertz CT molecular complexity index is 1540. The number of rotatable bonds is 6. The van der Waals surface area contributed by atoms with Gasteiger partial charge in [0.1, 0.15) is 28.2 Å². The molecule has 0 spiro atoms. The SMILES string of the molecule is N#CC(C#N)=C(Nc1ccccc1)S[C@H]1CC(=O)N(c2sc3c(c2C#N)CC[C@@H](c2ccccc2)C3)C1=O. The lowest BCUT2D eigenvalue weighted by Gasteiger charge is -2.22. The Labute approximate surface area is 228 Å². The lowest BCUT2D eigenvalue weighted by molar-refractivity contribution is -0.121. The van der Waals surface area contributed by atoms with Gasteiger partial charge in [0.15, 0.2) is 5.57 Å². The van der Waals surface area contributed by atoms with Crippen LogP contribution in [0.5, 0.6) is 0 Å². The Morgan fingerprint density at radius 2 is 1.66 bits per heavy atom. The second-order valence-corrected chi connectivity index (χ2v) is 11.2. The van der Waals surface area contributed by atoms with Crippen LogP contribution >= 0.6 is 23.1 Å². The second-order valence-electron chi connectivity index (χ2n) is 8.94. The quantitative estimate of drug-likeness (QED) is 0.321. The zero-order valence-corrected chi connectivity index (χ0v) is 21.8. The largest absolute Gasteiger partial charge is 0.349 e. The molecule has 2 atom stereocenters. The van der Waals surface area contributed by atoms with Gasteiger partial charge in [-0.25, -0.2) is 4.90 Å². The zero-order valence-electron chi connectivity index (χ0n) is 20.2. The van der Waals surface area contributed by atoms with Crippen molar-refractivity contribution in [2.75, 3.05) is 10.2 Å². The molecule has 0 unspecified atom stereocenters. The molecular formula is C29H21N5O2S2. The predicted molar refractivity (Wildman–Crippen MR) is 147 cm³/mol. The molecule has 1 fully saturated rings. The molecule has 3 aromatic rings. The minimum absolute atomic E-state index is 0.0896. The Hall–Kier alpha value is -4.36. The molecule has 1 aliphatic heterocycles. The van der Waals surface area contributed by atoms with Crippen LogP contribution in [0.15, 0.2) is 71.3 Å². The number of allylic oxidation sites excluding steroid dienone is 1. The van der Waals surface area contributed by atoms with Gasteiger partial charge in [-0.15, -0.1) is 11.3 Å². The zero-order chi connectivity index (χ0) is 26.6. The normalized spacial score (nSPS) is 18.2. The van der Waals surface area contributed by atoms with Crippen molar-refractivity contribution in [1.29, 1.82) is 15.8 Å². The Morgan fingerprint density at radius 3 is 2.32 bits per heavy atom. The molecule has 9 heteroatoms. The molecule has 7 nitrogen and oxygen atoms in total. The first-order valence-corrected chi connectivity index (χ1v) is 13.7. The molecule has 38 heavy (non-hydrogen) atoms. The van der Waals surface area contributed by atoms with Crippen LogP contribution in [0.25, 0.3) is 0 Å². The van der Waals surface area contributed by atoms with E-state index in [4.69, 9.17) is 0 Å². The van der Waals surface area contributed by atoms with Crippen LogP contribution in [0.4, 0.5) is 10.7 Å². The molecule has 5 rings (SSSR count). The summed E-state index contributed by atoms with van der Waals surface area (Å²) in [7, 11) is 0. The van der Waals surface area contributed by atoms with Crippen molar-refractivity contribution < 1.29 is 9.59 Å². The van der Waals surface area contributed by atoms with Crippen molar-refractivity contribution in [3.05, 3.63) is 92.8 Å². The van der Waals surface area contributed by atoms with Crippen molar-refractivity contribution in [3.63, 3.8) is 0 Å². The molecule has 0 bridgehead atoms. The topological polar surface area (TPSA) is 121 Å². The highest BCUT2D eigenvalue weighted by atomic mass is 32.2. The fourth-order valence-electron chi connectivity index (χ4n) is 4.84. The minimum Gasteiger partial charge on any atom is -0.349 e. The molecule has 0 saturated carbocycles. The highest BCUT2D eigenvalue weighted by molar-refractivity contribution is 8.04. The Balaban J connectivity index is 1.42. The number of hydrogen-bond donors (Lipinski definition) is 1. The van der Waals surface area contributed by atoms with Gasteiger partial charge in [0.05, 0.1) is 10.8 Å². The third-order valence-electron chi connectivity index (χ3n) is 6.68. The maximum absolute atomic E-state index is 13.5. The number of anilines is 2. The van der Waals surface area contributed by atoms with E-state index in [0.717, 1.165) is 39.9 Å². The monoisotopic (exact) mass is 535 g/mol. The van der Waals surface area contributed by atoms with Crippen LogP contribution in [0.2, 0.25) is 0 Å². The first-order chi connectivity index (χ1) is 18.5. The molecule has 186 valence electrons. The summed E-state index contributed by atoms with van der Waals surface area (Å²) < 4.78 is 0. The lowest BCUT2D eigenvalue weighted by atomic mass is 9.83. The average molecular weight is 536 g/mol. The van der Waals surface area contributed by atoms with E-state index in [1.54, 1.807) is 24.3 Å². The number of imide groups is 1. The number of amides is 2. The number of carbonyl (C=O) groups is 2. The predicted octanol–water partition coefficient (Wildman–Crippen LogP) is 5.63. The van der Waals surface area contributed by atoms with Crippen LogP contribution < -0.4 is 10.2 Å². The number of hydrogen-bond acceptors (Lipinski definition) is 8. The molecule has 2 aromatic carbocycles. The van der Waals surface area contributed by atoms with Gasteiger partial charge in [-0.1, -0.05) is 60.3 Å². The maximum atomic E-state index is 13.5. The van der Waals surface area contributed by atoms with Crippen LogP contribution in [-0.4, -0.2) is 17.1 Å². The number of fused-ring (bicyclic) bond motifs is 1. The van der Waals surface area contributed by atoms with Crippen LogP contribution in [0.3, 0.4) is 0 Å². The molecule has 1 N–H and O–H groups in total.